The molecule has 1 aromatic rings. The lowest BCUT2D eigenvalue weighted by Crippen LogP contribution is -2.71. The van der Waals surface area contributed by atoms with E-state index in [1.165, 1.54) is 0 Å². The SMILES string of the molecule is O=C(O)c1ccc(OC(=O)C(C(=O)OF)(C(=O)OF)C(F)(C(=O)O)C(F)(F)F)cc1C(=O)O. The summed E-state index contributed by atoms with van der Waals surface area (Å²) in [6.45, 7) is 0. The first-order valence-corrected chi connectivity index (χ1v) is 7.51. The van der Waals surface area contributed by atoms with E-state index >= 15 is 0 Å². The summed E-state index contributed by atoms with van der Waals surface area (Å²) >= 11 is 0. The van der Waals surface area contributed by atoms with Gasteiger partial charge in [-0.15, -0.1) is 0 Å². The van der Waals surface area contributed by atoms with Crippen molar-refractivity contribution in [2.75, 3.05) is 0 Å². The lowest BCUT2D eigenvalue weighted by molar-refractivity contribution is -0.282. The van der Waals surface area contributed by atoms with Gasteiger partial charge < -0.3 is 20.1 Å². The number of carboxylic acids is 3. The molecule has 0 aromatic heterocycles. The van der Waals surface area contributed by atoms with Crippen LogP contribution in [0.5, 0.6) is 5.75 Å². The van der Waals surface area contributed by atoms with E-state index in [0.29, 0.717) is 12.1 Å². The van der Waals surface area contributed by atoms with Crippen molar-refractivity contribution in [1.82, 2.24) is 0 Å². The Hall–Kier alpha value is -4.38. The topological polar surface area (TPSA) is 191 Å². The van der Waals surface area contributed by atoms with Crippen LogP contribution in [0.4, 0.5) is 26.6 Å². The summed E-state index contributed by atoms with van der Waals surface area (Å²) in [5.41, 5.74) is -14.4. The summed E-state index contributed by atoms with van der Waals surface area (Å²) in [4.78, 5) is 73.2. The Kier molecular flexibility index (Phi) is 7.27. The van der Waals surface area contributed by atoms with Gasteiger partial charge in [0.1, 0.15) is 5.75 Å². The molecule has 0 aliphatic rings. The van der Waals surface area contributed by atoms with Crippen LogP contribution < -0.4 is 4.74 Å². The fourth-order valence-corrected chi connectivity index (χ4v) is 2.42. The number of rotatable bonds is 8. The van der Waals surface area contributed by atoms with Crippen LogP contribution in [0.3, 0.4) is 0 Å². The van der Waals surface area contributed by atoms with Crippen LogP contribution in [0.2, 0.25) is 0 Å². The lowest BCUT2D eigenvalue weighted by Gasteiger charge is -2.34. The zero-order chi connectivity index (χ0) is 25.9. The summed E-state index contributed by atoms with van der Waals surface area (Å²) in [5.74, 6) is -19.6. The number of esters is 1. The number of carbonyl (C=O) groups is 6. The third-order valence-corrected chi connectivity index (χ3v) is 3.92. The molecular weight excluding hydrogens is 486 g/mol. The Morgan fingerprint density at radius 1 is 0.727 bits per heavy atom. The Labute approximate surface area is 174 Å². The average molecular weight is 492 g/mol. The first kappa shape index (κ1) is 26.7. The maximum Gasteiger partial charge on any atom is 0.435 e. The van der Waals surface area contributed by atoms with E-state index in [1.54, 1.807) is 0 Å². The highest BCUT2D eigenvalue weighted by atomic mass is 19.4. The maximum absolute atomic E-state index is 14.8. The van der Waals surface area contributed by atoms with Crippen molar-refractivity contribution in [1.29, 1.82) is 0 Å². The summed E-state index contributed by atoms with van der Waals surface area (Å²) < 4.78 is 83.7. The largest absolute Gasteiger partial charge is 0.479 e. The Morgan fingerprint density at radius 3 is 1.52 bits per heavy atom. The summed E-state index contributed by atoms with van der Waals surface area (Å²) in [6, 6.07) is 0.763. The monoisotopic (exact) mass is 492 g/mol. The number of carbonyl (C=O) groups excluding carboxylic acids is 3. The van der Waals surface area contributed by atoms with Crippen LogP contribution in [0.1, 0.15) is 20.7 Å². The molecule has 1 unspecified atom stereocenters. The van der Waals surface area contributed by atoms with E-state index in [-0.39, 0.29) is 6.07 Å². The zero-order valence-electron chi connectivity index (χ0n) is 15.0. The van der Waals surface area contributed by atoms with Gasteiger partial charge in [-0.05, 0) is 18.2 Å². The van der Waals surface area contributed by atoms with Crippen molar-refractivity contribution < 1.29 is 85.3 Å². The van der Waals surface area contributed by atoms with Crippen LogP contribution in [0.25, 0.3) is 0 Å². The highest BCUT2D eigenvalue weighted by molar-refractivity contribution is 6.23. The molecule has 1 rings (SSSR count). The van der Waals surface area contributed by atoms with Crippen molar-refractivity contribution in [2.45, 2.75) is 11.8 Å². The van der Waals surface area contributed by atoms with Gasteiger partial charge >= 0.3 is 53.1 Å². The molecule has 180 valence electrons. The molecule has 0 bridgehead atoms. The summed E-state index contributed by atoms with van der Waals surface area (Å²) in [5, 5.41) is 26.5. The van der Waals surface area contributed by atoms with Gasteiger partial charge in [-0.25, -0.2) is 33.2 Å². The molecule has 0 saturated heterocycles. The molecule has 0 aliphatic heterocycles. The molecule has 0 heterocycles. The van der Waals surface area contributed by atoms with Gasteiger partial charge in [0.15, 0.2) is 0 Å². The van der Waals surface area contributed by atoms with E-state index in [9.17, 15) is 55.4 Å². The predicted octanol–water partition coefficient (Wildman–Crippen LogP) is 1.19. The molecule has 0 saturated carbocycles. The van der Waals surface area contributed by atoms with E-state index < -0.39 is 70.0 Å². The Morgan fingerprint density at radius 2 is 1.18 bits per heavy atom. The molecule has 1 aromatic carbocycles. The van der Waals surface area contributed by atoms with E-state index in [0.717, 1.165) is 0 Å². The summed E-state index contributed by atoms with van der Waals surface area (Å²) in [6.07, 6.45) is -6.94. The van der Waals surface area contributed by atoms with Crippen molar-refractivity contribution in [3.05, 3.63) is 29.3 Å². The van der Waals surface area contributed by atoms with Gasteiger partial charge in [-0.2, -0.15) is 13.2 Å². The van der Waals surface area contributed by atoms with Crippen LogP contribution in [-0.2, 0) is 29.1 Å². The van der Waals surface area contributed by atoms with Crippen molar-refractivity contribution in [3.8, 4) is 5.75 Å². The van der Waals surface area contributed by atoms with Crippen LogP contribution >= 0.6 is 0 Å². The average Bonchev–Trinajstić information content (AvgIpc) is 2.72. The normalized spacial score (nSPS) is 13.3. The quantitative estimate of drug-likeness (QED) is 0.204. The molecule has 3 N–H and O–H groups in total. The second-order valence-electron chi connectivity index (χ2n) is 5.65. The molecule has 33 heavy (non-hydrogen) atoms. The minimum atomic E-state index is -6.94. The number of hydrogen-bond acceptors (Lipinski definition) is 9. The van der Waals surface area contributed by atoms with E-state index in [2.05, 4.69) is 14.6 Å². The van der Waals surface area contributed by atoms with Gasteiger partial charge in [0, 0.05) is 9.05 Å². The third kappa shape index (κ3) is 4.08. The van der Waals surface area contributed by atoms with E-state index in [1.807, 2.05) is 0 Å². The molecular formula is C15H6F6O12. The van der Waals surface area contributed by atoms with Crippen LogP contribution in [-0.4, -0.2) is 63.0 Å². The molecule has 12 nitrogen and oxygen atoms in total. The van der Waals surface area contributed by atoms with Crippen molar-refractivity contribution in [3.63, 3.8) is 0 Å². The standard InChI is InChI=1S/C15H6F6O12/c16-14(9(26)27,15(17,18)19)13(11(29)32-20,12(30)33-21)10(28)31-4-1-2-5(7(22)23)6(3-4)8(24)25/h1-3H,(H,22,23)(H,24,25)(H,26,27). The number of alkyl halides is 4. The Bertz CT molecular complexity index is 1020. The number of benzene rings is 1. The number of halogens is 6. The van der Waals surface area contributed by atoms with Crippen molar-refractivity contribution in [2.24, 2.45) is 5.41 Å². The van der Waals surface area contributed by atoms with Gasteiger partial charge in [0.05, 0.1) is 11.1 Å². The highest BCUT2D eigenvalue weighted by Gasteiger charge is 2.86. The third-order valence-electron chi connectivity index (χ3n) is 3.92. The number of hydrogen-bond donors (Lipinski definition) is 3. The first-order valence-electron chi connectivity index (χ1n) is 7.51. The van der Waals surface area contributed by atoms with Crippen molar-refractivity contribution >= 4 is 35.8 Å². The fourth-order valence-electron chi connectivity index (χ4n) is 2.42. The van der Waals surface area contributed by atoms with Gasteiger partial charge in [0.2, 0.25) is 0 Å². The fraction of sp³-hybridized carbons (Fsp3) is 0.200. The van der Waals surface area contributed by atoms with Gasteiger partial charge in [-0.1, -0.05) is 0 Å². The smallest absolute Gasteiger partial charge is 0.435 e. The summed E-state index contributed by atoms with van der Waals surface area (Å²) in [7, 11) is 0. The molecule has 0 radical (unpaired) electrons. The number of ether oxygens (including phenoxy) is 1. The number of aliphatic carboxylic acids is 1. The predicted molar refractivity (Wildman–Crippen MR) is 80.4 cm³/mol. The molecule has 0 spiro atoms. The van der Waals surface area contributed by atoms with Crippen LogP contribution in [0, 0.1) is 5.41 Å². The molecule has 0 fully saturated rings. The molecule has 1 atom stereocenters. The second-order valence-corrected chi connectivity index (χ2v) is 5.65. The number of carboxylic acid groups (broad SMARTS) is 3. The molecule has 0 aliphatic carbocycles. The molecule has 0 amide bonds. The van der Waals surface area contributed by atoms with Gasteiger partial charge in [-0.3, -0.25) is 9.88 Å². The van der Waals surface area contributed by atoms with Crippen LogP contribution in [0.15, 0.2) is 18.2 Å². The minimum Gasteiger partial charge on any atom is -0.479 e. The lowest BCUT2D eigenvalue weighted by atomic mass is 9.71. The highest BCUT2D eigenvalue weighted by Crippen LogP contribution is 2.50. The molecule has 18 heteroatoms. The maximum atomic E-state index is 14.8. The van der Waals surface area contributed by atoms with E-state index in [4.69, 9.17) is 15.3 Å². The minimum absolute atomic E-state index is 0.0876. The zero-order valence-corrected chi connectivity index (χ0v) is 15.0. The van der Waals surface area contributed by atoms with Gasteiger partial charge in [0.25, 0.3) is 0 Å². The number of aromatic carboxylic acids is 2. The first-order chi connectivity index (χ1) is 15.0. The Balaban J connectivity index is 3.90. The second kappa shape index (κ2) is 9.01.